The average molecular weight is 299 g/mol. The van der Waals surface area contributed by atoms with Crippen LogP contribution in [0.25, 0.3) is 0 Å². The maximum atomic E-state index is 12.6. The molecule has 7 heteroatoms. The van der Waals surface area contributed by atoms with E-state index < -0.39 is 10.0 Å². The first-order valence-corrected chi connectivity index (χ1v) is 7.92. The second-order valence-electron chi connectivity index (χ2n) is 5.55. The van der Waals surface area contributed by atoms with E-state index in [2.05, 4.69) is 0 Å². The molecule has 0 aliphatic carbocycles. The van der Waals surface area contributed by atoms with Crippen molar-refractivity contribution >= 4 is 15.7 Å². The van der Waals surface area contributed by atoms with Gasteiger partial charge >= 0.3 is 0 Å². The number of aromatic hydroxyl groups is 1. The zero-order chi connectivity index (χ0) is 15.1. The first kappa shape index (κ1) is 15.1. The number of phenols is 1. The van der Waals surface area contributed by atoms with Gasteiger partial charge in [-0.1, -0.05) is 6.92 Å². The molecule has 0 aromatic heterocycles. The molecule has 1 aliphatic heterocycles. The number of anilines is 1. The van der Waals surface area contributed by atoms with E-state index in [1.54, 1.807) is 0 Å². The van der Waals surface area contributed by atoms with Crippen LogP contribution in [-0.2, 0) is 10.0 Å². The summed E-state index contributed by atoms with van der Waals surface area (Å²) < 4.78 is 26.6. The zero-order valence-corrected chi connectivity index (χ0v) is 12.8. The Kier molecular flexibility index (Phi) is 3.95. The highest BCUT2D eigenvalue weighted by atomic mass is 32.2. The van der Waals surface area contributed by atoms with Crippen LogP contribution >= 0.6 is 0 Å². The Morgan fingerprint density at radius 2 is 2.00 bits per heavy atom. The Morgan fingerprint density at radius 3 is 2.50 bits per heavy atom. The zero-order valence-electron chi connectivity index (χ0n) is 11.9. The second-order valence-corrected chi connectivity index (χ2v) is 7.49. The van der Waals surface area contributed by atoms with Crippen molar-refractivity contribution in [1.29, 1.82) is 0 Å². The summed E-state index contributed by atoms with van der Waals surface area (Å²) in [6.45, 7) is 3.01. The minimum absolute atomic E-state index is 0.0717. The molecule has 1 heterocycles. The number of nitrogens with two attached hydrogens (primary N) is 1. The van der Waals surface area contributed by atoms with Crippen LogP contribution in [0.1, 0.15) is 6.92 Å². The largest absolute Gasteiger partial charge is 0.506 e. The van der Waals surface area contributed by atoms with Crippen molar-refractivity contribution in [3.63, 3.8) is 0 Å². The number of hydrogen-bond acceptors (Lipinski definition) is 5. The molecule has 2 atom stereocenters. The van der Waals surface area contributed by atoms with E-state index in [1.807, 2.05) is 25.9 Å². The summed E-state index contributed by atoms with van der Waals surface area (Å²) in [5, 5.41) is 9.39. The maximum Gasteiger partial charge on any atom is 0.243 e. The second kappa shape index (κ2) is 5.23. The molecule has 1 saturated heterocycles. The fourth-order valence-corrected chi connectivity index (χ4v) is 4.21. The van der Waals surface area contributed by atoms with E-state index in [4.69, 9.17) is 5.73 Å². The van der Waals surface area contributed by atoms with E-state index in [0.717, 1.165) is 0 Å². The number of sulfonamides is 1. The summed E-state index contributed by atoms with van der Waals surface area (Å²) in [5.41, 5.74) is 5.65. The summed E-state index contributed by atoms with van der Waals surface area (Å²) in [6.07, 6.45) is 0. The summed E-state index contributed by atoms with van der Waals surface area (Å²) in [6, 6.07) is 4.21. The van der Waals surface area contributed by atoms with Gasteiger partial charge in [-0.2, -0.15) is 4.31 Å². The van der Waals surface area contributed by atoms with E-state index in [9.17, 15) is 13.5 Å². The Labute approximate surface area is 119 Å². The lowest BCUT2D eigenvalue weighted by atomic mass is 10.1. The van der Waals surface area contributed by atoms with Crippen molar-refractivity contribution in [2.75, 3.05) is 32.9 Å². The van der Waals surface area contributed by atoms with Gasteiger partial charge in [-0.05, 0) is 38.2 Å². The summed E-state index contributed by atoms with van der Waals surface area (Å²) >= 11 is 0. The van der Waals surface area contributed by atoms with E-state index in [1.165, 1.54) is 22.5 Å². The van der Waals surface area contributed by atoms with Crippen LogP contribution in [0.2, 0.25) is 0 Å². The monoisotopic (exact) mass is 299 g/mol. The van der Waals surface area contributed by atoms with Gasteiger partial charge in [0, 0.05) is 19.1 Å². The van der Waals surface area contributed by atoms with Gasteiger partial charge in [0.05, 0.1) is 10.6 Å². The van der Waals surface area contributed by atoms with Crippen molar-refractivity contribution in [2.24, 2.45) is 5.92 Å². The number of nitrogens with zero attached hydrogens (tertiary/aromatic N) is 2. The van der Waals surface area contributed by atoms with Crippen LogP contribution in [0.15, 0.2) is 23.1 Å². The molecule has 1 aromatic carbocycles. The Balaban J connectivity index is 2.30. The van der Waals surface area contributed by atoms with Crippen LogP contribution in [0.4, 0.5) is 5.69 Å². The summed E-state index contributed by atoms with van der Waals surface area (Å²) in [4.78, 5) is 2.17. The number of nitrogen functional groups attached to an aromatic ring is 1. The smallest absolute Gasteiger partial charge is 0.243 e. The fraction of sp³-hybridized carbons (Fsp3) is 0.538. The standard InChI is InChI=1S/C13H21N3O3S/c1-9-7-16(8-12(9)15(2)3)20(18,19)10-4-5-13(17)11(14)6-10/h4-6,9,12,17H,7-8,14H2,1-3H3. The van der Waals surface area contributed by atoms with Crippen molar-refractivity contribution in [3.05, 3.63) is 18.2 Å². The lowest BCUT2D eigenvalue weighted by Crippen LogP contribution is -2.35. The summed E-state index contributed by atoms with van der Waals surface area (Å²) in [5.74, 6) is 0.166. The van der Waals surface area contributed by atoms with E-state index in [0.29, 0.717) is 13.1 Å². The Morgan fingerprint density at radius 1 is 1.35 bits per heavy atom. The highest BCUT2D eigenvalue weighted by Gasteiger charge is 2.38. The van der Waals surface area contributed by atoms with Crippen LogP contribution in [0, 0.1) is 5.92 Å². The minimum atomic E-state index is -3.56. The van der Waals surface area contributed by atoms with Gasteiger partial charge in [0.15, 0.2) is 0 Å². The molecular weight excluding hydrogens is 278 g/mol. The lowest BCUT2D eigenvalue weighted by Gasteiger charge is -2.22. The molecule has 0 bridgehead atoms. The Hall–Kier alpha value is -1.31. The molecule has 112 valence electrons. The molecule has 3 N–H and O–H groups in total. The third kappa shape index (κ3) is 2.61. The molecule has 0 radical (unpaired) electrons. The van der Waals surface area contributed by atoms with Gasteiger partial charge in [0.1, 0.15) is 5.75 Å². The van der Waals surface area contributed by atoms with Gasteiger partial charge in [-0.15, -0.1) is 0 Å². The molecule has 2 unspecified atom stereocenters. The molecule has 20 heavy (non-hydrogen) atoms. The number of phenolic OH excluding ortho intramolecular Hbond substituents is 1. The van der Waals surface area contributed by atoms with Crippen molar-refractivity contribution in [1.82, 2.24) is 9.21 Å². The van der Waals surface area contributed by atoms with Crippen molar-refractivity contribution in [3.8, 4) is 5.75 Å². The molecular formula is C13H21N3O3S. The van der Waals surface area contributed by atoms with Gasteiger partial charge in [0.25, 0.3) is 0 Å². The third-order valence-corrected chi connectivity index (χ3v) is 5.67. The molecule has 0 amide bonds. The first-order chi connectivity index (χ1) is 9.23. The van der Waals surface area contributed by atoms with Gasteiger partial charge < -0.3 is 15.7 Å². The number of benzene rings is 1. The van der Waals surface area contributed by atoms with Crippen LogP contribution in [0.3, 0.4) is 0 Å². The maximum absolute atomic E-state index is 12.6. The molecule has 1 aromatic rings. The predicted molar refractivity (Wildman–Crippen MR) is 77.9 cm³/mol. The SMILES string of the molecule is CC1CN(S(=O)(=O)c2ccc(O)c(N)c2)CC1N(C)C. The van der Waals surface area contributed by atoms with E-state index in [-0.39, 0.29) is 28.3 Å². The molecule has 1 fully saturated rings. The molecule has 2 rings (SSSR count). The van der Waals surface area contributed by atoms with Gasteiger partial charge in [0.2, 0.25) is 10.0 Å². The predicted octanol–water partition coefficient (Wildman–Crippen LogP) is 0.545. The third-order valence-electron chi connectivity index (χ3n) is 3.84. The van der Waals surface area contributed by atoms with Crippen molar-refractivity contribution in [2.45, 2.75) is 17.9 Å². The van der Waals surface area contributed by atoms with Gasteiger partial charge in [-0.3, -0.25) is 0 Å². The van der Waals surface area contributed by atoms with Crippen LogP contribution in [-0.4, -0.2) is 56.0 Å². The first-order valence-electron chi connectivity index (χ1n) is 6.48. The lowest BCUT2D eigenvalue weighted by molar-refractivity contribution is 0.263. The highest BCUT2D eigenvalue weighted by Crippen LogP contribution is 2.29. The number of hydrogen-bond donors (Lipinski definition) is 2. The Bertz CT molecular complexity index is 601. The normalized spacial score (nSPS) is 24.4. The topological polar surface area (TPSA) is 86.9 Å². The average Bonchev–Trinajstić information content (AvgIpc) is 2.75. The minimum Gasteiger partial charge on any atom is -0.506 e. The number of rotatable bonds is 3. The highest BCUT2D eigenvalue weighted by molar-refractivity contribution is 7.89. The van der Waals surface area contributed by atoms with Crippen LogP contribution < -0.4 is 5.73 Å². The van der Waals surface area contributed by atoms with Crippen LogP contribution in [0.5, 0.6) is 5.75 Å². The quantitative estimate of drug-likeness (QED) is 0.628. The molecule has 6 nitrogen and oxygen atoms in total. The molecule has 0 saturated carbocycles. The number of likely N-dealkylation sites (N-methyl/N-ethyl adjacent to an activating group) is 1. The van der Waals surface area contributed by atoms with Gasteiger partial charge in [-0.25, -0.2) is 8.42 Å². The molecule has 0 spiro atoms. The molecule has 1 aliphatic rings. The summed E-state index contributed by atoms with van der Waals surface area (Å²) in [7, 11) is 0.347. The fourth-order valence-electron chi connectivity index (χ4n) is 2.62. The van der Waals surface area contributed by atoms with E-state index >= 15 is 0 Å². The van der Waals surface area contributed by atoms with Crippen molar-refractivity contribution < 1.29 is 13.5 Å².